The summed E-state index contributed by atoms with van der Waals surface area (Å²) in [4.78, 5) is 39.3. The van der Waals surface area contributed by atoms with Crippen LogP contribution >= 0.6 is 11.6 Å². The van der Waals surface area contributed by atoms with Crippen molar-refractivity contribution in [2.45, 2.75) is 39.2 Å². The Hall–Kier alpha value is -3.50. The summed E-state index contributed by atoms with van der Waals surface area (Å²) in [6.45, 7) is 3.79. The van der Waals surface area contributed by atoms with Crippen LogP contribution in [0.5, 0.6) is 5.75 Å². The number of fused-ring (bicyclic) bond motifs is 1. The van der Waals surface area contributed by atoms with Gasteiger partial charge in [0.15, 0.2) is 5.82 Å². The molecule has 0 saturated carbocycles. The molecular formula is C28H29ClF2N2O6. The Morgan fingerprint density at radius 1 is 1.13 bits per heavy atom. The van der Waals surface area contributed by atoms with E-state index in [1.807, 2.05) is 13.8 Å². The summed E-state index contributed by atoms with van der Waals surface area (Å²) in [7, 11) is 2.57. The lowest BCUT2D eigenvalue weighted by Gasteiger charge is -2.25. The van der Waals surface area contributed by atoms with Crippen LogP contribution in [0, 0.1) is 17.6 Å². The molecule has 1 atom stereocenters. The van der Waals surface area contributed by atoms with Gasteiger partial charge in [-0.05, 0) is 35.6 Å². The molecule has 3 aromatic rings. The van der Waals surface area contributed by atoms with E-state index in [-0.39, 0.29) is 60.0 Å². The van der Waals surface area contributed by atoms with Crippen molar-refractivity contribution in [2.75, 3.05) is 32.3 Å². The maximum atomic E-state index is 15.2. The fourth-order valence-corrected chi connectivity index (χ4v) is 5.19. The van der Waals surface area contributed by atoms with Crippen LogP contribution in [0.2, 0.25) is 5.02 Å². The molecule has 0 aliphatic carbocycles. The molecule has 1 N–H and O–H groups in total. The monoisotopic (exact) mass is 562 g/mol. The molecule has 1 fully saturated rings. The number of carbonyl (C=O) groups excluding carboxylic acids is 2. The fraction of sp³-hybridized carbons (Fsp3) is 0.393. The van der Waals surface area contributed by atoms with Gasteiger partial charge >= 0.3 is 5.97 Å². The first-order valence-electron chi connectivity index (χ1n) is 12.5. The number of carbonyl (C=O) groups is 2. The van der Waals surface area contributed by atoms with Gasteiger partial charge in [-0.15, -0.1) is 0 Å². The largest absolute Gasteiger partial charge is 0.496 e. The van der Waals surface area contributed by atoms with Gasteiger partial charge in [-0.3, -0.25) is 9.59 Å². The number of ether oxygens (including phenoxy) is 2. The molecule has 1 aliphatic rings. The Morgan fingerprint density at radius 2 is 1.85 bits per heavy atom. The number of benzene rings is 2. The number of pyridine rings is 1. The zero-order chi connectivity index (χ0) is 28.6. The van der Waals surface area contributed by atoms with Crippen LogP contribution in [0.1, 0.15) is 54.2 Å². The van der Waals surface area contributed by atoms with Gasteiger partial charge in [0, 0.05) is 37.0 Å². The molecule has 8 nitrogen and oxygen atoms in total. The number of aliphatic hydroxyl groups excluding tert-OH is 1. The highest BCUT2D eigenvalue weighted by Crippen LogP contribution is 2.36. The molecule has 11 heteroatoms. The summed E-state index contributed by atoms with van der Waals surface area (Å²) in [5.41, 5.74) is -0.210. The van der Waals surface area contributed by atoms with Crippen molar-refractivity contribution in [3.63, 3.8) is 0 Å². The molecule has 1 aliphatic heterocycles. The van der Waals surface area contributed by atoms with Gasteiger partial charge in [-0.25, -0.2) is 13.6 Å². The first-order valence-corrected chi connectivity index (χ1v) is 12.8. The van der Waals surface area contributed by atoms with Gasteiger partial charge in [-0.1, -0.05) is 25.4 Å². The average molecular weight is 563 g/mol. The van der Waals surface area contributed by atoms with Crippen LogP contribution in [0.3, 0.4) is 0 Å². The Labute approximate surface area is 228 Å². The van der Waals surface area contributed by atoms with Crippen LogP contribution in [-0.2, 0) is 16.0 Å². The van der Waals surface area contributed by atoms with Crippen LogP contribution in [0.25, 0.3) is 10.9 Å². The first-order chi connectivity index (χ1) is 18.5. The third kappa shape index (κ3) is 5.10. The normalized spacial score (nSPS) is 14.4. The van der Waals surface area contributed by atoms with E-state index in [9.17, 15) is 23.9 Å². The number of methoxy groups -OCH3 is 2. The second-order valence-electron chi connectivity index (χ2n) is 9.77. The van der Waals surface area contributed by atoms with Crippen molar-refractivity contribution in [3.05, 3.63) is 68.0 Å². The molecule has 0 spiro atoms. The van der Waals surface area contributed by atoms with Crippen molar-refractivity contribution in [1.29, 1.82) is 0 Å². The van der Waals surface area contributed by atoms with Gasteiger partial charge in [0.2, 0.25) is 11.3 Å². The van der Waals surface area contributed by atoms with E-state index in [0.29, 0.717) is 23.3 Å². The van der Waals surface area contributed by atoms with Gasteiger partial charge in [0.1, 0.15) is 22.2 Å². The minimum Gasteiger partial charge on any atom is -0.496 e. The number of anilines is 1. The molecule has 1 saturated heterocycles. The summed E-state index contributed by atoms with van der Waals surface area (Å²) < 4.78 is 42.1. The molecule has 0 unspecified atom stereocenters. The number of rotatable bonds is 8. The highest BCUT2D eigenvalue weighted by Gasteiger charge is 2.29. The number of aromatic nitrogens is 1. The molecule has 2 heterocycles. The topological polar surface area (TPSA) is 98.1 Å². The minimum absolute atomic E-state index is 0.00591. The Morgan fingerprint density at radius 3 is 2.41 bits per heavy atom. The standard InChI is InChI=1S/C28H29ClF2N2O6/c1-14(2)21(13-34)33-12-18(28(37)39-4)27(36)17-9-15(22(38-3)11-19(17)33)8-16-10-20(26(31)24(29)25(16)30)32-7-5-6-23(32)35/h9-12,14,21,34H,5-8,13H2,1-4H3/t21-/m1/s1. The first kappa shape index (κ1) is 28.5. The molecule has 208 valence electrons. The summed E-state index contributed by atoms with van der Waals surface area (Å²) >= 11 is 6.00. The molecule has 39 heavy (non-hydrogen) atoms. The van der Waals surface area contributed by atoms with Crippen molar-refractivity contribution in [2.24, 2.45) is 5.92 Å². The quantitative estimate of drug-likeness (QED) is 0.317. The molecule has 0 bridgehead atoms. The SMILES string of the molecule is COC(=O)c1cn([C@H](CO)C(C)C)c2cc(OC)c(Cc3cc(N4CCCC4=O)c(F)c(Cl)c3F)cc2c1=O. The Bertz CT molecular complexity index is 1520. The summed E-state index contributed by atoms with van der Waals surface area (Å²) in [6.07, 6.45) is 1.99. The lowest BCUT2D eigenvalue weighted by Crippen LogP contribution is -2.26. The maximum absolute atomic E-state index is 15.2. The van der Waals surface area contributed by atoms with Crippen LogP contribution in [-0.4, -0.2) is 48.9 Å². The third-order valence-corrected chi connectivity index (χ3v) is 7.43. The summed E-state index contributed by atoms with van der Waals surface area (Å²) in [5, 5.41) is 9.48. The molecule has 0 radical (unpaired) electrons. The number of hydrogen-bond donors (Lipinski definition) is 1. The van der Waals surface area contributed by atoms with Gasteiger partial charge in [0.25, 0.3) is 0 Å². The van der Waals surface area contributed by atoms with Crippen molar-refractivity contribution in [1.82, 2.24) is 4.57 Å². The van der Waals surface area contributed by atoms with Crippen LogP contribution in [0.4, 0.5) is 14.5 Å². The Kier molecular flexibility index (Phi) is 8.27. The molecule has 4 rings (SSSR count). The molecule has 2 aromatic carbocycles. The van der Waals surface area contributed by atoms with Crippen LogP contribution < -0.4 is 15.1 Å². The fourth-order valence-electron chi connectivity index (χ4n) is 4.97. The smallest absolute Gasteiger partial charge is 0.343 e. The number of halogens is 3. The van der Waals surface area contributed by atoms with E-state index in [1.165, 1.54) is 30.3 Å². The number of amides is 1. The van der Waals surface area contributed by atoms with Gasteiger partial charge < -0.3 is 24.0 Å². The van der Waals surface area contributed by atoms with Gasteiger partial charge in [-0.2, -0.15) is 0 Å². The number of nitrogens with zero attached hydrogens (tertiary/aromatic N) is 2. The summed E-state index contributed by atoms with van der Waals surface area (Å²) in [6, 6.07) is 3.81. The van der Waals surface area contributed by atoms with E-state index in [0.717, 1.165) is 7.11 Å². The van der Waals surface area contributed by atoms with Crippen molar-refractivity contribution >= 4 is 40.1 Å². The molecule has 1 amide bonds. The number of esters is 1. The van der Waals surface area contributed by atoms with E-state index in [4.69, 9.17) is 21.1 Å². The summed E-state index contributed by atoms with van der Waals surface area (Å²) in [5.74, 6) is -2.92. The van der Waals surface area contributed by atoms with E-state index >= 15 is 4.39 Å². The number of hydrogen-bond acceptors (Lipinski definition) is 6. The zero-order valence-electron chi connectivity index (χ0n) is 22.0. The molecule has 1 aromatic heterocycles. The predicted molar refractivity (Wildman–Crippen MR) is 143 cm³/mol. The lowest BCUT2D eigenvalue weighted by molar-refractivity contribution is -0.117. The van der Waals surface area contributed by atoms with Crippen molar-refractivity contribution < 1.29 is 33.0 Å². The third-order valence-electron chi connectivity index (χ3n) is 7.10. The van der Waals surface area contributed by atoms with E-state index < -0.39 is 34.1 Å². The average Bonchev–Trinajstić information content (AvgIpc) is 3.35. The minimum atomic E-state index is -1.02. The highest BCUT2D eigenvalue weighted by molar-refractivity contribution is 6.31. The number of aliphatic hydroxyl groups is 1. The highest BCUT2D eigenvalue weighted by atomic mass is 35.5. The van der Waals surface area contributed by atoms with Gasteiger partial charge in [0.05, 0.1) is 38.1 Å². The predicted octanol–water partition coefficient (Wildman–Crippen LogP) is 4.64. The maximum Gasteiger partial charge on any atom is 0.343 e. The van der Waals surface area contributed by atoms with E-state index in [2.05, 4.69) is 0 Å². The second-order valence-corrected chi connectivity index (χ2v) is 10.1. The second kappa shape index (κ2) is 11.3. The van der Waals surface area contributed by atoms with E-state index in [1.54, 1.807) is 10.6 Å². The zero-order valence-corrected chi connectivity index (χ0v) is 22.8. The lowest BCUT2D eigenvalue weighted by atomic mass is 9.98. The Balaban J connectivity index is 1.94. The van der Waals surface area contributed by atoms with Crippen LogP contribution in [0.15, 0.2) is 29.2 Å². The van der Waals surface area contributed by atoms with Crippen molar-refractivity contribution in [3.8, 4) is 5.75 Å². The molecular weight excluding hydrogens is 534 g/mol.